The summed E-state index contributed by atoms with van der Waals surface area (Å²) in [5.74, 6) is -0.266. The molecule has 4 heteroatoms. The molecule has 0 bridgehead atoms. The van der Waals surface area contributed by atoms with Crippen molar-refractivity contribution in [1.82, 2.24) is 5.32 Å². The zero-order chi connectivity index (χ0) is 11.2. The van der Waals surface area contributed by atoms with E-state index >= 15 is 0 Å². The molecule has 1 N–H and O–H groups in total. The predicted octanol–water partition coefficient (Wildman–Crippen LogP) is 2.06. The van der Waals surface area contributed by atoms with Crippen molar-refractivity contribution in [3.8, 4) is 0 Å². The van der Waals surface area contributed by atoms with Gasteiger partial charge in [-0.15, -0.1) is 0 Å². The minimum Gasteiger partial charge on any atom is -0.468 e. The fourth-order valence-corrected chi connectivity index (χ4v) is 1.35. The van der Waals surface area contributed by atoms with E-state index in [0.29, 0.717) is 18.0 Å². The summed E-state index contributed by atoms with van der Waals surface area (Å²) >= 11 is 5.62. The van der Waals surface area contributed by atoms with Crippen molar-refractivity contribution in [3.63, 3.8) is 0 Å². The Morgan fingerprint density at radius 1 is 1.64 bits per heavy atom. The molecule has 0 aliphatic rings. The van der Waals surface area contributed by atoms with Crippen LogP contribution >= 0.6 is 11.6 Å². The van der Waals surface area contributed by atoms with Crippen molar-refractivity contribution >= 4 is 17.6 Å². The molecule has 0 aliphatic carbocycles. The molecule has 14 heavy (non-hydrogen) atoms. The highest BCUT2D eigenvalue weighted by atomic mass is 35.5. The summed E-state index contributed by atoms with van der Waals surface area (Å²) < 4.78 is 4.73. The molecule has 0 aromatic carbocycles. The largest absolute Gasteiger partial charge is 0.468 e. The maximum Gasteiger partial charge on any atom is 0.325 e. The SMILES string of the molecule is C=C(Cl)CN[C@@](C)(CCC)C(=O)OC. The zero-order valence-electron chi connectivity index (χ0n) is 9.02. The normalized spacial score (nSPS) is 14.6. The van der Waals surface area contributed by atoms with E-state index < -0.39 is 5.54 Å². The molecule has 0 aromatic heterocycles. The number of hydrogen-bond acceptors (Lipinski definition) is 3. The molecule has 0 spiro atoms. The lowest BCUT2D eigenvalue weighted by Crippen LogP contribution is -2.50. The lowest BCUT2D eigenvalue weighted by Gasteiger charge is -2.27. The highest BCUT2D eigenvalue weighted by Gasteiger charge is 2.32. The maximum atomic E-state index is 11.5. The third-order valence-corrected chi connectivity index (χ3v) is 2.19. The Labute approximate surface area is 90.5 Å². The van der Waals surface area contributed by atoms with E-state index in [1.807, 2.05) is 13.8 Å². The van der Waals surface area contributed by atoms with Crippen molar-refractivity contribution in [2.75, 3.05) is 13.7 Å². The van der Waals surface area contributed by atoms with Crippen LogP contribution < -0.4 is 5.32 Å². The molecular weight excluding hydrogens is 202 g/mol. The van der Waals surface area contributed by atoms with Gasteiger partial charge in [-0.3, -0.25) is 10.1 Å². The lowest BCUT2D eigenvalue weighted by atomic mass is 9.96. The minimum absolute atomic E-state index is 0.266. The summed E-state index contributed by atoms with van der Waals surface area (Å²) in [6.45, 7) is 7.78. The van der Waals surface area contributed by atoms with Gasteiger partial charge in [0.25, 0.3) is 0 Å². The summed E-state index contributed by atoms with van der Waals surface area (Å²) in [5, 5.41) is 3.52. The van der Waals surface area contributed by atoms with Gasteiger partial charge in [0.2, 0.25) is 0 Å². The van der Waals surface area contributed by atoms with E-state index in [0.717, 1.165) is 6.42 Å². The third kappa shape index (κ3) is 4.11. The van der Waals surface area contributed by atoms with Gasteiger partial charge in [-0.05, 0) is 13.3 Å². The summed E-state index contributed by atoms with van der Waals surface area (Å²) in [5.41, 5.74) is -0.665. The number of methoxy groups -OCH3 is 1. The molecule has 0 unspecified atom stereocenters. The second kappa shape index (κ2) is 6.04. The van der Waals surface area contributed by atoms with Crippen LogP contribution in [0.2, 0.25) is 0 Å². The Morgan fingerprint density at radius 2 is 2.21 bits per heavy atom. The first-order valence-electron chi connectivity index (χ1n) is 4.63. The minimum atomic E-state index is -0.665. The molecule has 0 amide bonds. The molecule has 3 nitrogen and oxygen atoms in total. The van der Waals surface area contributed by atoms with Gasteiger partial charge in [0.1, 0.15) is 5.54 Å². The average Bonchev–Trinajstić information content (AvgIpc) is 2.14. The van der Waals surface area contributed by atoms with E-state index in [2.05, 4.69) is 11.9 Å². The second-order valence-corrected chi connectivity index (χ2v) is 3.98. The molecule has 0 saturated heterocycles. The first kappa shape index (κ1) is 13.5. The van der Waals surface area contributed by atoms with E-state index in [1.54, 1.807) is 0 Å². The van der Waals surface area contributed by atoms with Crippen molar-refractivity contribution in [2.45, 2.75) is 32.2 Å². The fourth-order valence-electron chi connectivity index (χ4n) is 1.28. The van der Waals surface area contributed by atoms with Gasteiger partial charge in [-0.25, -0.2) is 0 Å². The molecular formula is C10H18ClNO2. The van der Waals surface area contributed by atoms with E-state index in [-0.39, 0.29) is 5.97 Å². The van der Waals surface area contributed by atoms with Gasteiger partial charge >= 0.3 is 5.97 Å². The monoisotopic (exact) mass is 219 g/mol. The van der Waals surface area contributed by atoms with Crippen LogP contribution in [0.4, 0.5) is 0 Å². The van der Waals surface area contributed by atoms with Crippen molar-refractivity contribution < 1.29 is 9.53 Å². The lowest BCUT2D eigenvalue weighted by molar-refractivity contribution is -0.148. The topological polar surface area (TPSA) is 38.3 Å². The van der Waals surface area contributed by atoms with Crippen LogP contribution in [0, 0.1) is 0 Å². The van der Waals surface area contributed by atoms with Crippen molar-refractivity contribution in [3.05, 3.63) is 11.6 Å². The summed E-state index contributed by atoms with van der Waals surface area (Å²) in [6, 6.07) is 0. The number of ether oxygens (including phenoxy) is 1. The van der Waals surface area contributed by atoms with Gasteiger partial charge < -0.3 is 4.74 Å². The van der Waals surface area contributed by atoms with Crippen molar-refractivity contribution in [1.29, 1.82) is 0 Å². The van der Waals surface area contributed by atoms with Crippen LogP contribution in [-0.4, -0.2) is 25.2 Å². The van der Waals surface area contributed by atoms with Crippen LogP contribution in [0.5, 0.6) is 0 Å². The smallest absolute Gasteiger partial charge is 0.325 e. The van der Waals surface area contributed by atoms with E-state index in [1.165, 1.54) is 7.11 Å². The van der Waals surface area contributed by atoms with Gasteiger partial charge in [-0.2, -0.15) is 0 Å². The van der Waals surface area contributed by atoms with Crippen LogP contribution in [-0.2, 0) is 9.53 Å². The number of nitrogens with one attached hydrogen (secondary N) is 1. The number of halogens is 1. The van der Waals surface area contributed by atoms with Crippen LogP contribution in [0.15, 0.2) is 11.6 Å². The molecule has 82 valence electrons. The zero-order valence-corrected chi connectivity index (χ0v) is 9.78. The number of carbonyl (C=O) groups is 1. The van der Waals surface area contributed by atoms with Crippen molar-refractivity contribution in [2.24, 2.45) is 0 Å². The summed E-state index contributed by atoms with van der Waals surface area (Å²) in [7, 11) is 1.38. The molecule has 1 atom stereocenters. The van der Waals surface area contributed by atoms with E-state index in [4.69, 9.17) is 16.3 Å². The maximum absolute atomic E-state index is 11.5. The first-order chi connectivity index (χ1) is 6.46. The molecule has 0 rings (SSSR count). The molecule has 0 heterocycles. The van der Waals surface area contributed by atoms with Gasteiger partial charge in [0, 0.05) is 11.6 Å². The fraction of sp³-hybridized carbons (Fsp3) is 0.700. The van der Waals surface area contributed by atoms with Gasteiger partial charge in [-0.1, -0.05) is 31.5 Å². The second-order valence-electron chi connectivity index (χ2n) is 3.44. The molecule has 0 aliphatic heterocycles. The first-order valence-corrected chi connectivity index (χ1v) is 5.00. The number of carbonyl (C=O) groups excluding carboxylic acids is 1. The third-order valence-electron chi connectivity index (χ3n) is 2.06. The standard InChI is InChI=1S/C10H18ClNO2/c1-5-6-10(3,9(13)14-4)12-7-8(2)11/h12H,2,5-7H2,1,3-4H3/t10-/m0/s1. The van der Waals surface area contributed by atoms with Gasteiger partial charge in [0.05, 0.1) is 7.11 Å². The number of hydrogen-bond donors (Lipinski definition) is 1. The molecule has 0 aromatic rings. The number of rotatable bonds is 6. The molecule has 0 saturated carbocycles. The van der Waals surface area contributed by atoms with E-state index in [9.17, 15) is 4.79 Å². The predicted molar refractivity (Wildman–Crippen MR) is 58.3 cm³/mol. The average molecular weight is 220 g/mol. The highest BCUT2D eigenvalue weighted by molar-refractivity contribution is 6.29. The highest BCUT2D eigenvalue weighted by Crippen LogP contribution is 2.14. The summed E-state index contributed by atoms with van der Waals surface area (Å²) in [6.07, 6.45) is 1.61. The Bertz CT molecular complexity index is 218. The molecule has 0 fully saturated rings. The summed E-state index contributed by atoms with van der Waals surface area (Å²) in [4.78, 5) is 11.5. The quantitative estimate of drug-likeness (QED) is 0.695. The number of esters is 1. The van der Waals surface area contributed by atoms with Crippen LogP contribution in [0.3, 0.4) is 0 Å². The van der Waals surface area contributed by atoms with Gasteiger partial charge in [0.15, 0.2) is 0 Å². The Kier molecular flexibility index (Phi) is 5.81. The Hall–Kier alpha value is -0.540. The van der Waals surface area contributed by atoms with Crippen LogP contribution in [0.25, 0.3) is 0 Å². The Balaban J connectivity index is 4.38. The molecule has 0 radical (unpaired) electrons. The Morgan fingerprint density at radius 3 is 2.57 bits per heavy atom. The van der Waals surface area contributed by atoms with Crippen LogP contribution in [0.1, 0.15) is 26.7 Å².